The highest BCUT2D eigenvalue weighted by Crippen LogP contribution is 2.32. The van der Waals surface area contributed by atoms with E-state index in [4.69, 9.17) is 14.2 Å². The second kappa shape index (κ2) is 8.08. The third kappa shape index (κ3) is 4.52. The van der Waals surface area contributed by atoms with Crippen LogP contribution in [0.3, 0.4) is 0 Å². The Morgan fingerprint density at radius 3 is 2.50 bits per heavy atom. The molecule has 0 aliphatic heterocycles. The molecule has 0 heterocycles. The zero-order valence-electron chi connectivity index (χ0n) is 12.9. The Morgan fingerprint density at radius 1 is 1.05 bits per heavy atom. The lowest BCUT2D eigenvalue weighted by Gasteiger charge is -2.12. The lowest BCUT2D eigenvalue weighted by Crippen LogP contribution is -2.08. The van der Waals surface area contributed by atoms with Crippen molar-refractivity contribution in [2.45, 2.75) is 19.8 Å². The van der Waals surface area contributed by atoms with Crippen molar-refractivity contribution in [2.24, 2.45) is 0 Å². The molecule has 0 aliphatic rings. The first-order valence-electron chi connectivity index (χ1n) is 7.28. The monoisotopic (exact) mass is 300 g/mol. The number of para-hydroxylation sites is 1. The Labute approximate surface area is 130 Å². The van der Waals surface area contributed by atoms with Crippen LogP contribution in [0.4, 0.5) is 0 Å². The van der Waals surface area contributed by atoms with Crippen molar-refractivity contribution in [2.75, 3.05) is 13.7 Å². The number of hydrogen-bond donors (Lipinski definition) is 0. The van der Waals surface area contributed by atoms with Gasteiger partial charge in [0.25, 0.3) is 0 Å². The van der Waals surface area contributed by atoms with E-state index >= 15 is 0 Å². The van der Waals surface area contributed by atoms with Crippen molar-refractivity contribution in [1.82, 2.24) is 0 Å². The van der Waals surface area contributed by atoms with Crippen LogP contribution in [0.15, 0.2) is 48.5 Å². The summed E-state index contributed by atoms with van der Waals surface area (Å²) in [6, 6.07) is 14.9. The summed E-state index contributed by atoms with van der Waals surface area (Å²) < 4.78 is 16.2. The molecule has 0 fully saturated rings. The molecule has 0 bridgehead atoms. The molecule has 22 heavy (non-hydrogen) atoms. The molecule has 0 aliphatic carbocycles. The van der Waals surface area contributed by atoms with Gasteiger partial charge in [0.2, 0.25) is 0 Å². The maximum Gasteiger partial charge on any atom is 0.310 e. The molecule has 0 aromatic heterocycles. The van der Waals surface area contributed by atoms with Gasteiger partial charge in [0.1, 0.15) is 5.75 Å². The van der Waals surface area contributed by atoms with E-state index in [0.717, 1.165) is 17.7 Å². The van der Waals surface area contributed by atoms with Crippen LogP contribution in [-0.4, -0.2) is 19.7 Å². The number of ether oxygens (including phenoxy) is 3. The minimum absolute atomic E-state index is 0.224. The second-order valence-corrected chi connectivity index (χ2v) is 4.80. The van der Waals surface area contributed by atoms with Crippen LogP contribution in [0, 0.1) is 0 Å². The van der Waals surface area contributed by atoms with E-state index in [0.29, 0.717) is 18.1 Å². The Hall–Kier alpha value is -2.49. The number of carbonyl (C=O) groups excluding carboxylic acids is 1. The van der Waals surface area contributed by atoms with Crippen molar-refractivity contribution in [3.8, 4) is 17.2 Å². The number of hydrogen-bond acceptors (Lipinski definition) is 4. The standard InChI is InChI=1S/C18H20O4/c1-3-11-21-18(19)13-14-9-10-16(17(12-14)20-2)22-15-7-5-4-6-8-15/h4-10,12H,3,11,13H2,1-2H3. The fraction of sp³-hybridized carbons (Fsp3) is 0.278. The van der Waals surface area contributed by atoms with Gasteiger partial charge in [0, 0.05) is 0 Å². The molecular weight excluding hydrogens is 280 g/mol. The van der Waals surface area contributed by atoms with Crippen LogP contribution in [0.5, 0.6) is 17.2 Å². The van der Waals surface area contributed by atoms with E-state index in [9.17, 15) is 4.79 Å². The molecule has 2 rings (SSSR count). The zero-order valence-corrected chi connectivity index (χ0v) is 12.9. The molecule has 2 aromatic rings. The summed E-state index contributed by atoms with van der Waals surface area (Å²) in [5.41, 5.74) is 0.832. The second-order valence-electron chi connectivity index (χ2n) is 4.80. The molecule has 0 saturated heterocycles. The fourth-order valence-corrected chi connectivity index (χ4v) is 1.96. The molecule has 0 atom stereocenters. The fourth-order valence-electron chi connectivity index (χ4n) is 1.96. The van der Waals surface area contributed by atoms with E-state index in [2.05, 4.69) is 0 Å². The molecule has 0 unspecified atom stereocenters. The van der Waals surface area contributed by atoms with Gasteiger partial charge in [-0.05, 0) is 36.2 Å². The Bertz CT molecular complexity index is 608. The first kappa shape index (κ1) is 15.9. The van der Waals surface area contributed by atoms with Crippen molar-refractivity contribution >= 4 is 5.97 Å². The van der Waals surface area contributed by atoms with Gasteiger partial charge in [-0.25, -0.2) is 0 Å². The predicted molar refractivity (Wildman–Crippen MR) is 84.5 cm³/mol. The number of rotatable bonds is 7. The van der Waals surface area contributed by atoms with Gasteiger partial charge in [0.05, 0.1) is 20.1 Å². The van der Waals surface area contributed by atoms with Crippen molar-refractivity contribution in [3.05, 3.63) is 54.1 Å². The van der Waals surface area contributed by atoms with Gasteiger partial charge in [-0.2, -0.15) is 0 Å². The molecule has 4 nitrogen and oxygen atoms in total. The van der Waals surface area contributed by atoms with Crippen LogP contribution in [0.25, 0.3) is 0 Å². The van der Waals surface area contributed by atoms with Gasteiger partial charge >= 0.3 is 5.97 Å². The minimum Gasteiger partial charge on any atom is -0.493 e. The summed E-state index contributed by atoms with van der Waals surface area (Å²) in [6.07, 6.45) is 1.04. The van der Waals surface area contributed by atoms with Crippen LogP contribution in [0.1, 0.15) is 18.9 Å². The first-order valence-corrected chi connectivity index (χ1v) is 7.28. The summed E-state index contributed by atoms with van der Waals surface area (Å²) in [4.78, 5) is 11.7. The SMILES string of the molecule is CCCOC(=O)Cc1ccc(Oc2ccccc2)c(OC)c1. The van der Waals surface area contributed by atoms with Crippen LogP contribution in [0.2, 0.25) is 0 Å². The third-order valence-corrected chi connectivity index (χ3v) is 3.01. The van der Waals surface area contributed by atoms with Crippen molar-refractivity contribution in [3.63, 3.8) is 0 Å². The normalized spacial score (nSPS) is 10.1. The van der Waals surface area contributed by atoms with Gasteiger partial charge in [-0.1, -0.05) is 31.2 Å². The Kier molecular flexibility index (Phi) is 5.83. The van der Waals surface area contributed by atoms with Gasteiger partial charge in [-0.15, -0.1) is 0 Å². The van der Waals surface area contributed by atoms with Gasteiger partial charge in [-0.3, -0.25) is 4.79 Å². The molecule has 0 radical (unpaired) electrons. The summed E-state index contributed by atoms with van der Waals surface area (Å²) in [7, 11) is 1.58. The Morgan fingerprint density at radius 2 is 1.82 bits per heavy atom. The van der Waals surface area contributed by atoms with Gasteiger partial charge < -0.3 is 14.2 Å². The topological polar surface area (TPSA) is 44.8 Å². The summed E-state index contributed by atoms with van der Waals surface area (Å²) in [5, 5.41) is 0. The summed E-state index contributed by atoms with van der Waals surface area (Å²) in [6.45, 7) is 2.41. The molecule has 4 heteroatoms. The van der Waals surface area contributed by atoms with E-state index in [1.807, 2.05) is 43.3 Å². The summed E-state index contributed by atoms with van der Waals surface area (Å²) in [5.74, 6) is 1.69. The van der Waals surface area contributed by atoms with Gasteiger partial charge in [0.15, 0.2) is 11.5 Å². The van der Waals surface area contributed by atoms with E-state index < -0.39 is 0 Å². The average molecular weight is 300 g/mol. The predicted octanol–water partition coefficient (Wildman–Crippen LogP) is 3.98. The highest BCUT2D eigenvalue weighted by atomic mass is 16.5. The largest absolute Gasteiger partial charge is 0.493 e. The first-order chi connectivity index (χ1) is 10.7. The molecule has 116 valence electrons. The van der Waals surface area contributed by atoms with Crippen LogP contribution in [-0.2, 0) is 16.0 Å². The molecule has 2 aromatic carbocycles. The Balaban J connectivity index is 2.09. The zero-order chi connectivity index (χ0) is 15.8. The molecule has 0 amide bonds. The number of esters is 1. The van der Waals surface area contributed by atoms with Crippen molar-refractivity contribution in [1.29, 1.82) is 0 Å². The number of methoxy groups -OCH3 is 1. The maximum atomic E-state index is 11.7. The lowest BCUT2D eigenvalue weighted by atomic mass is 10.1. The van der Waals surface area contributed by atoms with E-state index in [1.165, 1.54) is 0 Å². The highest BCUT2D eigenvalue weighted by Gasteiger charge is 2.10. The number of carbonyl (C=O) groups is 1. The minimum atomic E-state index is -0.236. The summed E-state index contributed by atoms with van der Waals surface area (Å²) >= 11 is 0. The number of benzene rings is 2. The van der Waals surface area contributed by atoms with Crippen molar-refractivity contribution < 1.29 is 19.0 Å². The molecule has 0 spiro atoms. The molecule has 0 saturated carbocycles. The maximum absolute atomic E-state index is 11.7. The smallest absolute Gasteiger partial charge is 0.310 e. The van der Waals surface area contributed by atoms with E-state index in [1.54, 1.807) is 19.2 Å². The van der Waals surface area contributed by atoms with Crippen LogP contribution >= 0.6 is 0 Å². The van der Waals surface area contributed by atoms with E-state index in [-0.39, 0.29) is 12.4 Å². The highest BCUT2D eigenvalue weighted by molar-refractivity contribution is 5.73. The average Bonchev–Trinajstić information content (AvgIpc) is 2.55. The third-order valence-electron chi connectivity index (χ3n) is 3.01. The molecular formula is C18H20O4. The quantitative estimate of drug-likeness (QED) is 0.725. The van der Waals surface area contributed by atoms with Crippen LogP contribution < -0.4 is 9.47 Å². The molecule has 0 N–H and O–H groups in total. The lowest BCUT2D eigenvalue weighted by molar-refractivity contribution is -0.142.